The van der Waals surface area contributed by atoms with E-state index in [2.05, 4.69) is 25.5 Å². The van der Waals surface area contributed by atoms with Gasteiger partial charge >= 0.3 is 0 Å². The predicted octanol–water partition coefficient (Wildman–Crippen LogP) is 3.20. The SMILES string of the molecule is Cc1c2c(nn1C1CCOC[C@@]1(C)F)OCCCn1nc(Cl)c3cnc(nc31)N2. The van der Waals surface area contributed by atoms with Crippen molar-refractivity contribution >= 4 is 34.3 Å². The number of fused-ring (bicyclic) bond motifs is 2. The zero-order valence-electron chi connectivity index (χ0n) is 16.2. The first-order valence-corrected chi connectivity index (χ1v) is 9.96. The summed E-state index contributed by atoms with van der Waals surface area (Å²) >= 11 is 6.20. The van der Waals surface area contributed by atoms with Crippen molar-refractivity contribution in [3.63, 3.8) is 0 Å². The molecule has 2 bridgehead atoms. The zero-order chi connectivity index (χ0) is 20.2. The number of ether oxygens (including phenoxy) is 2. The lowest BCUT2D eigenvalue weighted by atomic mass is 9.94. The Labute approximate surface area is 171 Å². The van der Waals surface area contributed by atoms with E-state index in [1.165, 1.54) is 0 Å². The highest BCUT2D eigenvalue weighted by Crippen LogP contribution is 2.39. The van der Waals surface area contributed by atoms with Crippen LogP contribution in [0, 0.1) is 6.92 Å². The maximum Gasteiger partial charge on any atom is 0.257 e. The molecule has 5 heterocycles. The summed E-state index contributed by atoms with van der Waals surface area (Å²) in [7, 11) is 0. The van der Waals surface area contributed by atoms with Gasteiger partial charge in [0.1, 0.15) is 5.69 Å². The van der Waals surface area contributed by atoms with E-state index in [-0.39, 0.29) is 6.61 Å². The minimum Gasteiger partial charge on any atom is -0.475 e. The highest BCUT2D eigenvalue weighted by atomic mass is 35.5. The quantitative estimate of drug-likeness (QED) is 0.645. The third-order valence-electron chi connectivity index (χ3n) is 5.46. The van der Waals surface area contributed by atoms with Crippen LogP contribution >= 0.6 is 11.6 Å². The average molecular weight is 422 g/mol. The molecule has 0 spiro atoms. The first-order valence-electron chi connectivity index (χ1n) is 9.59. The molecule has 0 aromatic carbocycles. The van der Waals surface area contributed by atoms with Crippen LogP contribution < -0.4 is 10.1 Å². The summed E-state index contributed by atoms with van der Waals surface area (Å²) in [5.74, 6) is 0.783. The van der Waals surface area contributed by atoms with Gasteiger partial charge in [0, 0.05) is 25.8 Å². The second-order valence-electron chi connectivity index (χ2n) is 7.62. The lowest BCUT2D eigenvalue weighted by Gasteiger charge is -2.35. The van der Waals surface area contributed by atoms with Gasteiger partial charge < -0.3 is 14.8 Å². The number of nitrogens with zero attached hydrogens (tertiary/aromatic N) is 6. The number of nitrogens with one attached hydrogen (secondary N) is 1. The second kappa shape index (κ2) is 6.81. The Bertz CT molecular complexity index is 1080. The van der Waals surface area contributed by atoms with Crippen molar-refractivity contribution < 1.29 is 13.9 Å². The second-order valence-corrected chi connectivity index (χ2v) is 7.98. The van der Waals surface area contributed by atoms with Crippen LogP contribution in [0.15, 0.2) is 6.20 Å². The molecule has 154 valence electrons. The molecule has 0 radical (unpaired) electrons. The van der Waals surface area contributed by atoms with Crippen LogP contribution in [0.4, 0.5) is 16.0 Å². The van der Waals surface area contributed by atoms with E-state index in [9.17, 15) is 0 Å². The van der Waals surface area contributed by atoms with Gasteiger partial charge in [-0.3, -0.25) is 4.68 Å². The van der Waals surface area contributed by atoms with Crippen LogP contribution in [-0.2, 0) is 11.3 Å². The summed E-state index contributed by atoms with van der Waals surface area (Å²) in [5, 5.41) is 13.2. The fourth-order valence-electron chi connectivity index (χ4n) is 3.92. The molecule has 1 fully saturated rings. The van der Waals surface area contributed by atoms with Crippen LogP contribution in [0.5, 0.6) is 5.88 Å². The fourth-order valence-corrected chi connectivity index (χ4v) is 4.14. The first-order chi connectivity index (χ1) is 13.9. The molecule has 5 rings (SSSR count). The molecule has 11 heteroatoms. The zero-order valence-corrected chi connectivity index (χ0v) is 16.9. The number of anilines is 2. The molecule has 3 aromatic rings. The molecule has 2 atom stereocenters. The van der Waals surface area contributed by atoms with Gasteiger partial charge in [0.25, 0.3) is 5.88 Å². The van der Waals surface area contributed by atoms with E-state index in [4.69, 9.17) is 21.1 Å². The Hall–Kier alpha value is -2.46. The standard InChI is InChI=1S/C18H21ClFN7O2/c1-10-13-16(25-27(10)12-4-7-28-9-18(12,2)20)29-6-3-5-26-15-11(14(19)24-26)8-21-17(22-13)23-15/h8,12H,3-7,9H2,1-2H3,(H,21,22,23)/t12?,18-/m1/s1. The van der Waals surface area contributed by atoms with E-state index in [0.717, 1.165) is 5.69 Å². The van der Waals surface area contributed by atoms with Gasteiger partial charge in [0.2, 0.25) is 5.95 Å². The molecule has 1 N–H and O–H groups in total. The van der Waals surface area contributed by atoms with Crippen LogP contribution in [0.2, 0.25) is 5.15 Å². The van der Waals surface area contributed by atoms with E-state index < -0.39 is 11.7 Å². The van der Waals surface area contributed by atoms with Gasteiger partial charge in [-0.1, -0.05) is 11.6 Å². The van der Waals surface area contributed by atoms with E-state index in [1.54, 1.807) is 22.5 Å². The Morgan fingerprint density at radius 3 is 3.03 bits per heavy atom. The van der Waals surface area contributed by atoms with E-state index in [0.29, 0.717) is 66.3 Å². The molecule has 9 nitrogen and oxygen atoms in total. The summed E-state index contributed by atoms with van der Waals surface area (Å²) < 4.78 is 29.8. The van der Waals surface area contributed by atoms with Gasteiger partial charge in [-0.2, -0.15) is 10.1 Å². The van der Waals surface area contributed by atoms with Gasteiger partial charge in [-0.05, 0) is 20.3 Å². The molecule has 2 aliphatic rings. The monoisotopic (exact) mass is 421 g/mol. The van der Waals surface area contributed by atoms with Gasteiger partial charge in [-0.15, -0.1) is 5.10 Å². The molecule has 0 aliphatic carbocycles. The van der Waals surface area contributed by atoms with E-state index >= 15 is 4.39 Å². The summed E-state index contributed by atoms with van der Waals surface area (Å²) in [4.78, 5) is 8.93. The minimum absolute atomic E-state index is 0.0421. The third kappa shape index (κ3) is 3.10. The van der Waals surface area contributed by atoms with Crippen molar-refractivity contribution in [3.8, 4) is 5.88 Å². The summed E-state index contributed by atoms with van der Waals surface area (Å²) in [6.45, 7) is 4.98. The number of hydrogen-bond donors (Lipinski definition) is 1. The molecular formula is C18H21ClFN7O2. The molecule has 3 aromatic heterocycles. The summed E-state index contributed by atoms with van der Waals surface area (Å²) in [6.07, 6.45) is 2.87. The number of rotatable bonds is 1. The van der Waals surface area contributed by atoms with Gasteiger partial charge in [0.15, 0.2) is 16.5 Å². The van der Waals surface area contributed by atoms with Crippen molar-refractivity contribution in [1.29, 1.82) is 0 Å². The highest BCUT2D eigenvalue weighted by molar-refractivity contribution is 6.34. The third-order valence-corrected chi connectivity index (χ3v) is 5.74. The lowest BCUT2D eigenvalue weighted by molar-refractivity contribution is -0.0605. The highest BCUT2D eigenvalue weighted by Gasteiger charge is 2.41. The molecule has 2 aliphatic heterocycles. The molecule has 1 unspecified atom stereocenters. The molecular weight excluding hydrogens is 401 g/mol. The van der Waals surface area contributed by atoms with E-state index in [1.807, 2.05) is 6.92 Å². The first kappa shape index (κ1) is 18.6. The van der Waals surface area contributed by atoms with Crippen molar-refractivity contribution in [2.45, 2.75) is 44.9 Å². The van der Waals surface area contributed by atoms with Crippen LogP contribution in [0.1, 0.15) is 31.5 Å². The predicted molar refractivity (Wildman–Crippen MR) is 105 cm³/mol. The largest absolute Gasteiger partial charge is 0.475 e. The maximum atomic E-state index is 15.1. The normalized spacial score (nSPS) is 24.6. The smallest absolute Gasteiger partial charge is 0.257 e. The Kier molecular flexibility index (Phi) is 4.36. The molecule has 0 saturated carbocycles. The molecule has 1 saturated heterocycles. The van der Waals surface area contributed by atoms with Gasteiger partial charge in [-0.25, -0.2) is 14.1 Å². The number of aromatic nitrogens is 6. The Morgan fingerprint density at radius 1 is 1.34 bits per heavy atom. The number of hydrogen-bond acceptors (Lipinski definition) is 7. The maximum absolute atomic E-state index is 15.1. The van der Waals surface area contributed by atoms with Crippen molar-refractivity contribution in [2.75, 3.05) is 25.1 Å². The number of halogens is 2. The van der Waals surface area contributed by atoms with Gasteiger partial charge in [0.05, 0.1) is 30.3 Å². The Balaban J connectivity index is 1.59. The van der Waals surface area contributed by atoms with Crippen LogP contribution in [0.25, 0.3) is 11.0 Å². The van der Waals surface area contributed by atoms with Crippen LogP contribution in [-0.4, -0.2) is 55.0 Å². The number of aryl methyl sites for hydroxylation is 1. The van der Waals surface area contributed by atoms with Crippen molar-refractivity contribution in [2.24, 2.45) is 0 Å². The lowest BCUT2D eigenvalue weighted by Crippen LogP contribution is -2.42. The summed E-state index contributed by atoms with van der Waals surface area (Å²) in [5.41, 5.74) is 0.519. The Morgan fingerprint density at radius 2 is 2.21 bits per heavy atom. The fraction of sp³-hybridized carbons (Fsp3) is 0.556. The topological polar surface area (TPSA) is 91.9 Å². The molecule has 29 heavy (non-hydrogen) atoms. The number of alkyl halides is 1. The summed E-state index contributed by atoms with van der Waals surface area (Å²) in [6, 6.07) is -0.439. The molecule has 0 amide bonds. The average Bonchev–Trinajstić information content (AvgIpc) is 3.15. The van der Waals surface area contributed by atoms with Crippen molar-refractivity contribution in [1.82, 2.24) is 29.5 Å². The van der Waals surface area contributed by atoms with Crippen LogP contribution in [0.3, 0.4) is 0 Å². The minimum atomic E-state index is -1.52. The van der Waals surface area contributed by atoms with Crippen molar-refractivity contribution in [3.05, 3.63) is 17.0 Å².